The third kappa shape index (κ3) is 3.65. The molecule has 0 N–H and O–H groups in total. The normalized spacial score (nSPS) is 25.2. The summed E-state index contributed by atoms with van der Waals surface area (Å²) in [6, 6.07) is 9.42. The van der Waals surface area contributed by atoms with Gasteiger partial charge in [0.25, 0.3) is 0 Å². The van der Waals surface area contributed by atoms with Gasteiger partial charge < -0.3 is 4.74 Å². The minimum atomic E-state index is -3.19. The summed E-state index contributed by atoms with van der Waals surface area (Å²) in [5.41, 5.74) is 0.860. The average Bonchev–Trinajstić information content (AvgIpc) is 3.02. The molecule has 0 spiro atoms. The molecule has 0 bridgehead atoms. The van der Waals surface area contributed by atoms with Crippen LogP contribution in [0.2, 0.25) is 0 Å². The number of sulfonamides is 1. The van der Waals surface area contributed by atoms with Crippen molar-refractivity contribution >= 4 is 10.0 Å². The summed E-state index contributed by atoms with van der Waals surface area (Å²) in [5, 5.41) is 0. The summed E-state index contributed by atoms with van der Waals surface area (Å²) in [6.07, 6.45) is 4.51. The topological polar surface area (TPSA) is 46.6 Å². The maximum absolute atomic E-state index is 12.5. The lowest BCUT2D eigenvalue weighted by Crippen LogP contribution is -2.41. The molecule has 2 saturated heterocycles. The van der Waals surface area contributed by atoms with Gasteiger partial charge in [-0.1, -0.05) is 30.3 Å². The molecule has 116 valence electrons. The molecule has 4 nitrogen and oxygen atoms in total. The van der Waals surface area contributed by atoms with E-state index in [0.29, 0.717) is 25.1 Å². The van der Waals surface area contributed by atoms with Gasteiger partial charge in [0, 0.05) is 19.7 Å². The van der Waals surface area contributed by atoms with Crippen LogP contribution < -0.4 is 0 Å². The van der Waals surface area contributed by atoms with Crippen LogP contribution in [0.3, 0.4) is 0 Å². The summed E-state index contributed by atoms with van der Waals surface area (Å²) >= 11 is 0. The zero-order valence-corrected chi connectivity index (χ0v) is 13.1. The van der Waals surface area contributed by atoms with E-state index in [4.69, 9.17) is 4.74 Å². The van der Waals surface area contributed by atoms with E-state index in [0.717, 1.165) is 37.9 Å². The predicted octanol–water partition coefficient (Wildman–Crippen LogP) is 2.41. The van der Waals surface area contributed by atoms with E-state index in [1.165, 1.54) is 0 Å². The maximum atomic E-state index is 12.5. The van der Waals surface area contributed by atoms with Crippen molar-refractivity contribution < 1.29 is 13.2 Å². The summed E-state index contributed by atoms with van der Waals surface area (Å²) in [7, 11) is -3.19. The Hall–Kier alpha value is -0.910. The molecule has 0 aromatic heterocycles. The lowest BCUT2D eigenvalue weighted by atomic mass is 9.91. The highest BCUT2D eigenvalue weighted by molar-refractivity contribution is 7.88. The lowest BCUT2D eigenvalue weighted by Gasteiger charge is -2.33. The van der Waals surface area contributed by atoms with Gasteiger partial charge in [-0.05, 0) is 37.2 Å². The van der Waals surface area contributed by atoms with Crippen LogP contribution >= 0.6 is 0 Å². The predicted molar refractivity (Wildman–Crippen MR) is 82.3 cm³/mol. The molecule has 21 heavy (non-hydrogen) atoms. The van der Waals surface area contributed by atoms with E-state index < -0.39 is 10.0 Å². The second-order valence-electron chi connectivity index (χ2n) is 6.03. The molecule has 2 aliphatic rings. The number of piperidine rings is 1. The zero-order valence-electron chi connectivity index (χ0n) is 12.3. The van der Waals surface area contributed by atoms with Gasteiger partial charge in [-0.25, -0.2) is 12.7 Å². The number of nitrogens with zero attached hydrogens (tertiary/aromatic N) is 1. The Bertz CT molecular complexity index is 544. The van der Waals surface area contributed by atoms with Crippen LogP contribution in [0.1, 0.15) is 31.2 Å². The van der Waals surface area contributed by atoms with Crippen LogP contribution in [0.15, 0.2) is 30.3 Å². The number of rotatable bonds is 4. The zero-order chi connectivity index (χ0) is 14.7. The number of hydrogen-bond donors (Lipinski definition) is 0. The third-order valence-electron chi connectivity index (χ3n) is 4.57. The van der Waals surface area contributed by atoms with Gasteiger partial charge >= 0.3 is 0 Å². The standard InChI is InChI=1S/C16H23NO3S/c18-21(19,13-14-5-2-1-3-6-14)17-10-8-15(9-11-17)16-7-4-12-20-16/h1-3,5-6,15-16H,4,7-13H2/t16-/m0/s1. The van der Waals surface area contributed by atoms with E-state index in [1.54, 1.807) is 4.31 Å². The molecule has 2 aliphatic heterocycles. The molecule has 0 amide bonds. The maximum Gasteiger partial charge on any atom is 0.218 e. The SMILES string of the molecule is O=S(=O)(Cc1ccccc1)N1CCC([C@@H]2CCCO2)CC1. The Kier molecular flexibility index (Phi) is 4.62. The average molecular weight is 309 g/mol. The molecule has 5 heteroatoms. The van der Waals surface area contributed by atoms with E-state index in [1.807, 2.05) is 30.3 Å². The van der Waals surface area contributed by atoms with Crippen molar-refractivity contribution in [1.29, 1.82) is 0 Å². The monoisotopic (exact) mass is 309 g/mol. The van der Waals surface area contributed by atoms with E-state index >= 15 is 0 Å². The smallest absolute Gasteiger partial charge is 0.218 e. The van der Waals surface area contributed by atoms with Crippen molar-refractivity contribution in [2.45, 2.75) is 37.5 Å². The fourth-order valence-corrected chi connectivity index (χ4v) is 4.94. The number of ether oxygens (including phenoxy) is 1. The molecule has 1 atom stereocenters. The van der Waals surface area contributed by atoms with E-state index in [-0.39, 0.29) is 5.75 Å². The molecule has 0 unspecified atom stereocenters. The fourth-order valence-electron chi connectivity index (χ4n) is 3.38. The largest absolute Gasteiger partial charge is 0.378 e. The molecule has 3 rings (SSSR count). The molecule has 0 saturated carbocycles. The number of hydrogen-bond acceptors (Lipinski definition) is 3. The van der Waals surface area contributed by atoms with Crippen molar-refractivity contribution in [3.8, 4) is 0 Å². The molecule has 1 aromatic carbocycles. The molecule has 1 aromatic rings. The molecular weight excluding hydrogens is 286 g/mol. The van der Waals surface area contributed by atoms with Gasteiger partial charge in [0.2, 0.25) is 10.0 Å². The lowest BCUT2D eigenvalue weighted by molar-refractivity contribution is 0.0424. The van der Waals surface area contributed by atoms with E-state index in [9.17, 15) is 8.42 Å². The van der Waals surface area contributed by atoms with Crippen molar-refractivity contribution in [3.63, 3.8) is 0 Å². The first-order chi connectivity index (χ1) is 10.1. The first-order valence-electron chi connectivity index (χ1n) is 7.78. The quantitative estimate of drug-likeness (QED) is 0.858. The van der Waals surface area contributed by atoms with Crippen molar-refractivity contribution in [3.05, 3.63) is 35.9 Å². The second-order valence-corrected chi connectivity index (χ2v) is 8.00. The highest BCUT2D eigenvalue weighted by atomic mass is 32.2. The van der Waals surface area contributed by atoms with E-state index in [2.05, 4.69) is 0 Å². The molecular formula is C16H23NO3S. The van der Waals surface area contributed by atoms with Crippen LogP contribution in [-0.2, 0) is 20.5 Å². The van der Waals surface area contributed by atoms with Crippen molar-refractivity contribution in [2.75, 3.05) is 19.7 Å². The Balaban J connectivity index is 1.58. The van der Waals surface area contributed by atoms with Gasteiger partial charge in [0.15, 0.2) is 0 Å². The minimum Gasteiger partial charge on any atom is -0.378 e. The highest BCUT2D eigenvalue weighted by Crippen LogP contribution is 2.30. The molecule has 2 heterocycles. The van der Waals surface area contributed by atoms with Crippen molar-refractivity contribution in [2.24, 2.45) is 5.92 Å². The third-order valence-corrected chi connectivity index (χ3v) is 6.42. The van der Waals surface area contributed by atoms with Crippen LogP contribution in [0.4, 0.5) is 0 Å². The first kappa shape index (κ1) is 15.0. The van der Waals surface area contributed by atoms with Crippen LogP contribution in [0.5, 0.6) is 0 Å². The van der Waals surface area contributed by atoms with Crippen LogP contribution in [0, 0.1) is 5.92 Å². The molecule has 2 fully saturated rings. The highest BCUT2D eigenvalue weighted by Gasteiger charge is 2.33. The summed E-state index contributed by atoms with van der Waals surface area (Å²) in [6.45, 7) is 2.15. The summed E-state index contributed by atoms with van der Waals surface area (Å²) in [4.78, 5) is 0. The molecule has 0 aliphatic carbocycles. The Morgan fingerprint density at radius 2 is 1.81 bits per heavy atom. The Labute approximate surface area is 127 Å². The fraction of sp³-hybridized carbons (Fsp3) is 0.625. The van der Waals surface area contributed by atoms with Crippen LogP contribution in [-0.4, -0.2) is 38.5 Å². The Morgan fingerprint density at radius 1 is 1.10 bits per heavy atom. The second kappa shape index (κ2) is 6.46. The number of benzene rings is 1. The van der Waals surface area contributed by atoms with Gasteiger partial charge in [-0.3, -0.25) is 0 Å². The Morgan fingerprint density at radius 3 is 2.43 bits per heavy atom. The first-order valence-corrected chi connectivity index (χ1v) is 9.39. The van der Waals surface area contributed by atoms with Gasteiger partial charge in [0.05, 0.1) is 11.9 Å². The minimum absolute atomic E-state index is 0.110. The molecule has 0 radical (unpaired) electrons. The van der Waals surface area contributed by atoms with Gasteiger partial charge in [0.1, 0.15) is 0 Å². The summed E-state index contributed by atoms with van der Waals surface area (Å²) < 4.78 is 32.4. The van der Waals surface area contributed by atoms with Gasteiger partial charge in [-0.15, -0.1) is 0 Å². The van der Waals surface area contributed by atoms with Crippen LogP contribution in [0.25, 0.3) is 0 Å². The van der Waals surface area contributed by atoms with Crippen molar-refractivity contribution in [1.82, 2.24) is 4.31 Å². The summed E-state index contributed by atoms with van der Waals surface area (Å²) in [5.74, 6) is 0.647. The van der Waals surface area contributed by atoms with Gasteiger partial charge in [-0.2, -0.15) is 0 Å².